The monoisotopic (exact) mass is 147 g/mol. The third-order valence-electron chi connectivity index (χ3n) is 1.79. The van der Waals surface area contributed by atoms with Crippen LogP contribution in [0.4, 0.5) is 5.69 Å². The van der Waals surface area contributed by atoms with E-state index in [0.29, 0.717) is 0 Å². The van der Waals surface area contributed by atoms with Gasteiger partial charge in [0.1, 0.15) is 0 Å². The average molecular weight is 147 g/mol. The molecule has 0 fully saturated rings. The van der Waals surface area contributed by atoms with Crippen LogP contribution in [0.15, 0.2) is 30.9 Å². The van der Waals surface area contributed by atoms with Gasteiger partial charge in [-0.1, -0.05) is 18.2 Å². The number of nitrogen functional groups attached to an aromatic ring is 1. The van der Waals surface area contributed by atoms with Crippen molar-refractivity contribution in [3.05, 3.63) is 42.0 Å². The van der Waals surface area contributed by atoms with E-state index >= 15 is 0 Å². The van der Waals surface area contributed by atoms with E-state index in [0.717, 1.165) is 12.1 Å². The molecule has 0 aliphatic heterocycles. The molecule has 0 saturated carbocycles. The first-order chi connectivity index (χ1) is 5.25. The highest BCUT2D eigenvalue weighted by molar-refractivity contribution is 5.51. The Morgan fingerprint density at radius 1 is 1.55 bits per heavy atom. The highest BCUT2D eigenvalue weighted by Crippen LogP contribution is 2.16. The van der Waals surface area contributed by atoms with Crippen LogP contribution in [-0.2, 0) is 6.42 Å². The second-order valence-corrected chi connectivity index (χ2v) is 2.64. The molecule has 0 spiro atoms. The van der Waals surface area contributed by atoms with Gasteiger partial charge in [-0.3, -0.25) is 0 Å². The van der Waals surface area contributed by atoms with Gasteiger partial charge in [-0.25, -0.2) is 0 Å². The Morgan fingerprint density at radius 2 is 2.27 bits per heavy atom. The van der Waals surface area contributed by atoms with Crippen molar-refractivity contribution in [2.24, 2.45) is 0 Å². The number of rotatable bonds is 2. The zero-order chi connectivity index (χ0) is 8.27. The topological polar surface area (TPSA) is 26.0 Å². The van der Waals surface area contributed by atoms with Crippen LogP contribution in [0, 0.1) is 6.92 Å². The summed E-state index contributed by atoms with van der Waals surface area (Å²) in [4.78, 5) is 0. The fourth-order valence-corrected chi connectivity index (χ4v) is 1.15. The Labute approximate surface area is 67.5 Å². The minimum absolute atomic E-state index is 0.860. The van der Waals surface area contributed by atoms with E-state index in [9.17, 15) is 0 Å². The van der Waals surface area contributed by atoms with Crippen LogP contribution in [0.25, 0.3) is 0 Å². The van der Waals surface area contributed by atoms with Crippen molar-refractivity contribution in [1.29, 1.82) is 0 Å². The van der Waals surface area contributed by atoms with E-state index in [1.54, 1.807) is 0 Å². The van der Waals surface area contributed by atoms with E-state index in [1.165, 1.54) is 11.1 Å². The fraction of sp³-hybridized carbons (Fsp3) is 0.200. The van der Waals surface area contributed by atoms with Gasteiger partial charge in [-0.2, -0.15) is 0 Å². The second kappa shape index (κ2) is 3.24. The number of hydrogen-bond acceptors (Lipinski definition) is 1. The van der Waals surface area contributed by atoms with Crippen LogP contribution in [0.1, 0.15) is 11.1 Å². The molecule has 0 unspecified atom stereocenters. The number of nitrogens with two attached hydrogens (primary N) is 1. The van der Waals surface area contributed by atoms with E-state index in [1.807, 2.05) is 18.2 Å². The molecule has 1 rings (SSSR count). The van der Waals surface area contributed by atoms with Crippen molar-refractivity contribution < 1.29 is 0 Å². The molecule has 0 aliphatic carbocycles. The Kier molecular flexibility index (Phi) is 2.32. The minimum atomic E-state index is 0.860. The zero-order valence-corrected chi connectivity index (χ0v) is 6.80. The number of benzene rings is 1. The van der Waals surface area contributed by atoms with Crippen molar-refractivity contribution in [1.82, 2.24) is 0 Å². The standard InChI is InChI=1S/C10H13N/c1-3-5-9-8(2)6-4-7-10(9)11/h3-4,6-7H,1,5,11H2,2H3. The highest BCUT2D eigenvalue weighted by atomic mass is 14.6. The molecule has 0 heterocycles. The summed E-state index contributed by atoms with van der Waals surface area (Å²) < 4.78 is 0. The lowest BCUT2D eigenvalue weighted by molar-refractivity contribution is 1.22. The molecule has 0 amide bonds. The SMILES string of the molecule is C=CCc1c(C)cccc1N. The molecule has 0 aliphatic rings. The lowest BCUT2D eigenvalue weighted by Gasteiger charge is -2.05. The summed E-state index contributed by atoms with van der Waals surface area (Å²) in [6.07, 6.45) is 2.73. The molecular formula is C10H13N. The van der Waals surface area contributed by atoms with E-state index in [-0.39, 0.29) is 0 Å². The minimum Gasteiger partial charge on any atom is -0.398 e. The van der Waals surface area contributed by atoms with Crippen molar-refractivity contribution in [3.8, 4) is 0 Å². The predicted octanol–water partition coefficient (Wildman–Crippen LogP) is 2.31. The van der Waals surface area contributed by atoms with E-state index < -0.39 is 0 Å². The molecular weight excluding hydrogens is 134 g/mol. The third kappa shape index (κ3) is 1.61. The van der Waals surface area contributed by atoms with Crippen LogP contribution >= 0.6 is 0 Å². The molecule has 0 aromatic heterocycles. The Balaban J connectivity index is 3.09. The summed E-state index contributed by atoms with van der Waals surface area (Å²) in [6.45, 7) is 5.75. The van der Waals surface area contributed by atoms with Crippen molar-refractivity contribution in [2.45, 2.75) is 13.3 Å². The Bertz CT molecular complexity index is 243. The van der Waals surface area contributed by atoms with Gasteiger partial charge in [-0.15, -0.1) is 6.58 Å². The van der Waals surface area contributed by atoms with Crippen LogP contribution in [0.5, 0.6) is 0 Å². The Hall–Kier alpha value is -1.24. The first-order valence-electron chi connectivity index (χ1n) is 3.70. The normalized spacial score (nSPS) is 9.55. The van der Waals surface area contributed by atoms with E-state index in [4.69, 9.17) is 5.73 Å². The summed E-state index contributed by atoms with van der Waals surface area (Å²) in [5, 5.41) is 0. The van der Waals surface area contributed by atoms with Crippen LogP contribution in [0.3, 0.4) is 0 Å². The molecule has 1 nitrogen and oxygen atoms in total. The molecule has 0 radical (unpaired) electrons. The van der Waals surface area contributed by atoms with Crippen molar-refractivity contribution >= 4 is 5.69 Å². The van der Waals surface area contributed by atoms with Gasteiger partial charge in [-0.05, 0) is 30.5 Å². The van der Waals surface area contributed by atoms with Gasteiger partial charge in [0.15, 0.2) is 0 Å². The quantitative estimate of drug-likeness (QED) is 0.504. The van der Waals surface area contributed by atoms with Crippen molar-refractivity contribution in [3.63, 3.8) is 0 Å². The fourth-order valence-electron chi connectivity index (χ4n) is 1.15. The third-order valence-corrected chi connectivity index (χ3v) is 1.79. The maximum Gasteiger partial charge on any atom is 0.0352 e. The first-order valence-corrected chi connectivity index (χ1v) is 3.70. The number of allylic oxidation sites excluding steroid dienone is 1. The maximum absolute atomic E-state index is 5.76. The molecule has 0 saturated heterocycles. The van der Waals surface area contributed by atoms with Gasteiger partial charge in [0.05, 0.1) is 0 Å². The first kappa shape index (κ1) is 7.86. The molecule has 1 heteroatoms. The van der Waals surface area contributed by atoms with E-state index in [2.05, 4.69) is 19.6 Å². The van der Waals surface area contributed by atoms with Crippen LogP contribution in [0.2, 0.25) is 0 Å². The zero-order valence-electron chi connectivity index (χ0n) is 6.80. The number of anilines is 1. The molecule has 1 aromatic rings. The molecule has 2 N–H and O–H groups in total. The van der Waals surface area contributed by atoms with Gasteiger partial charge in [0.2, 0.25) is 0 Å². The van der Waals surface area contributed by atoms with Crippen LogP contribution < -0.4 is 5.73 Å². The summed E-state index contributed by atoms with van der Waals surface area (Å²) in [5.41, 5.74) is 9.06. The summed E-state index contributed by atoms with van der Waals surface area (Å²) >= 11 is 0. The lowest BCUT2D eigenvalue weighted by Crippen LogP contribution is -1.95. The molecule has 58 valence electrons. The molecule has 11 heavy (non-hydrogen) atoms. The van der Waals surface area contributed by atoms with Gasteiger partial charge < -0.3 is 5.73 Å². The summed E-state index contributed by atoms with van der Waals surface area (Å²) in [6, 6.07) is 5.96. The van der Waals surface area contributed by atoms with Gasteiger partial charge in [0, 0.05) is 5.69 Å². The number of hydrogen-bond donors (Lipinski definition) is 1. The maximum atomic E-state index is 5.76. The lowest BCUT2D eigenvalue weighted by atomic mass is 10.0. The Morgan fingerprint density at radius 3 is 2.82 bits per heavy atom. The molecule has 1 aromatic carbocycles. The van der Waals surface area contributed by atoms with Crippen molar-refractivity contribution in [2.75, 3.05) is 5.73 Å². The number of aryl methyl sites for hydroxylation is 1. The van der Waals surface area contributed by atoms with Crippen LogP contribution in [-0.4, -0.2) is 0 Å². The second-order valence-electron chi connectivity index (χ2n) is 2.64. The van der Waals surface area contributed by atoms with Gasteiger partial charge >= 0.3 is 0 Å². The largest absolute Gasteiger partial charge is 0.398 e. The average Bonchev–Trinajstić information content (AvgIpc) is 1.97. The highest BCUT2D eigenvalue weighted by Gasteiger charge is 1.98. The molecule has 0 atom stereocenters. The smallest absolute Gasteiger partial charge is 0.0352 e. The summed E-state index contributed by atoms with van der Waals surface area (Å²) in [7, 11) is 0. The molecule has 0 bridgehead atoms. The summed E-state index contributed by atoms with van der Waals surface area (Å²) in [5.74, 6) is 0. The van der Waals surface area contributed by atoms with Gasteiger partial charge in [0.25, 0.3) is 0 Å². The predicted molar refractivity (Wildman–Crippen MR) is 49.5 cm³/mol.